The van der Waals surface area contributed by atoms with Crippen LogP contribution in [0.4, 0.5) is 0 Å². The molecule has 0 radical (unpaired) electrons. The summed E-state index contributed by atoms with van der Waals surface area (Å²) in [5, 5.41) is 0. The molecule has 6 nitrogen and oxygen atoms in total. The number of sulfonamides is 1. The van der Waals surface area contributed by atoms with Gasteiger partial charge >= 0.3 is 0 Å². The summed E-state index contributed by atoms with van der Waals surface area (Å²) in [6.07, 6.45) is 4.30. The van der Waals surface area contributed by atoms with Gasteiger partial charge in [0.1, 0.15) is 0 Å². The van der Waals surface area contributed by atoms with Crippen LogP contribution in [-0.4, -0.2) is 56.8 Å². The first-order valence-corrected chi connectivity index (χ1v) is 13.1. The Kier molecular flexibility index (Phi) is 7.28. The van der Waals surface area contributed by atoms with Gasteiger partial charge < -0.3 is 4.90 Å². The number of carbonyl (C=O) groups is 1. The molecule has 4 rings (SSSR count). The Labute approximate surface area is 191 Å². The van der Waals surface area contributed by atoms with E-state index in [1.54, 1.807) is 24.3 Å². The van der Waals surface area contributed by atoms with Crippen LogP contribution < -0.4 is 4.72 Å². The summed E-state index contributed by atoms with van der Waals surface area (Å²) in [4.78, 5) is 17.8. The zero-order valence-corrected chi connectivity index (χ0v) is 19.6. The van der Waals surface area contributed by atoms with E-state index in [1.807, 2.05) is 30.0 Å². The first-order valence-electron chi connectivity index (χ1n) is 11.6. The molecule has 2 aliphatic rings. The van der Waals surface area contributed by atoms with E-state index in [9.17, 15) is 13.2 Å². The van der Waals surface area contributed by atoms with E-state index in [2.05, 4.69) is 15.7 Å². The minimum atomic E-state index is -3.54. The highest BCUT2D eigenvalue weighted by Gasteiger charge is 2.26. The van der Waals surface area contributed by atoms with Crippen LogP contribution >= 0.6 is 0 Å². The predicted octanol–water partition coefficient (Wildman–Crippen LogP) is 3.42. The van der Waals surface area contributed by atoms with Crippen molar-refractivity contribution in [1.29, 1.82) is 0 Å². The van der Waals surface area contributed by atoms with Gasteiger partial charge in [0, 0.05) is 31.7 Å². The Balaban J connectivity index is 1.35. The Morgan fingerprint density at radius 1 is 1.03 bits per heavy atom. The largest absolute Gasteiger partial charge is 0.338 e. The molecule has 2 saturated heterocycles. The molecule has 2 fully saturated rings. The van der Waals surface area contributed by atoms with Crippen LogP contribution in [0.5, 0.6) is 0 Å². The van der Waals surface area contributed by atoms with Gasteiger partial charge in [0.2, 0.25) is 10.0 Å². The molecule has 0 bridgehead atoms. The second-order valence-corrected chi connectivity index (χ2v) is 10.9. The monoisotopic (exact) mass is 455 g/mol. The summed E-state index contributed by atoms with van der Waals surface area (Å²) in [6.45, 7) is 6.72. The predicted molar refractivity (Wildman–Crippen MR) is 126 cm³/mol. The third kappa shape index (κ3) is 5.77. The third-order valence-corrected chi connectivity index (χ3v) is 7.92. The summed E-state index contributed by atoms with van der Waals surface area (Å²) < 4.78 is 28.0. The fourth-order valence-corrected chi connectivity index (χ4v) is 5.74. The van der Waals surface area contributed by atoms with Gasteiger partial charge in [0.25, 0.3) is 5.91 Å². The molecule has 1 atom stereocenters. The summed E-state index contributed by atoms with van der Waals surface area (Å²) in [5.41, 5.74) is 2.93. The van der Waals surface area contributed by atoms with E-state index in [1.165, 1.54) is 18.4 Å². The molecule has 2 heterocycles. The first-order chi connectivity index (χ1) is 15.4. The van der Waals surface area contributed by atoms with Crippen molar-refractivity contribution >= 4 is 15.9 Å². The molecule has 2 aromatic rings. The van der Waals surface area contributed by atoms with Gasteiger partial charge in [0.05, 0.1) is 4.90 Å². The second kappa shape index (κ2) is 10.1. The first kappa shape index (κ1) is 23.0. The summed E-state index contributed by atoms with van der Waals surface area (Å²) >= 11 is 0. The summed E-state index contributed by atoms with van der Waals surface area (Å²) in [6, 6.07) is 14.8. The molecule has 0 spiro atoms. The van der Waals surface area contributed by atoms with Crippen LogP contribution in [0.2, 0.25) is 0 Å². The lowest BCUT2D eigenvalue weighted by molar-refractivity contribution is 0.0676. The fourth-order valence-electron chi connectivity index (χ4n) is 4.63. The number of amides is 1. The lowest BCUT2D eigenvalue weighted by Gasteiger charge is -2.33. The number of nitrogens with one attached hydrogen (secondary N) is 1. The van der Waals surface area contributed by atoms with Crippen molar-refractivity contribution in [3.63, 3.8) is 0 Å². The Hall–Kier alpha value is -2.22. The highest BCUT2D eigenvalue weighted by atomic mass is 32.2. The number of aryl methyl sites for hydroxylation is 1. The number of nitrogens with zero attached hydrogens (tertiary/aromatic N) is 2. The lowest BCUT2D eigenvalue weighted by atomic mass is 9.97. The maximum Gasteiger partial charge on any atom is 0.253 e. The molecule has 172 valence electrons. The van der Waals surface area contributed by atoms with Gasteiger partial charge in [-0.2, -0.15) is 0 Å². The van der Waals surface area contributed by atoms with Crippen LogP contribution in [0, 0.1) is 12.8 Å². The van der Waals surface area contributed by atoms with Crippen molar-refractivity contribution in [2.45, 2.75) is 44.0 Å². The fraction of sp³-hybridized carbons (Fsp3) is 0.480. The van der Waals surface area contributed by atoms with Crippen LogP contribution in [0.1, 0.15) is 47.2 Å². The molecular weight excluding hydrogens is 422 g/mol. The van der Waals surface area contributed by atoms with Crippen molar-refractivity contribution in [2.24, 2.45) is 5.92 Å². The van der Waals surface area contributed by atoms with E-state index < -0.39 is 10.0 Å². The van der Waals surface area contributed by atoms with Gasteiger partial charge in [-0.25, -0.2) is 13.1 Å². The molecule has 0 aliphatic carbocycles. The quantitative estimate of drug-likeness (QED) is 0.695. The van der Waals surface area contributed by atoms with E-state index in [-0.39, 0.29) is 16.7 Å². The molecule has 2 aliphatic heterocycles. The van der Waals surface area contributed by atoms with Gasteiger partial charge in [-0.3, -0.25) is 9.69 Å². The van der Waals surface area contributed by atoms with Crippen LogP contribution in [-0.2, 0) is 16.6 Å². The number of carbonyl (C=O) groups excluding carboxylic acids is 1. The average molecular weight is 456 g/mol. The summed E-state index contributed by atoms with van der Waals surface area (Å²) in [5.74, 6) is 0.153. The number of likely N-dealkylation sites (tertiary alicyclic amines) is 2. The van der Waals surface area contributed by atoms with E-state index in [4.69, 9.17) is 0 Å². The smallest absolute Gasteiger partial charge is 0.253 e. The van der Waals surface area contributed by atoms with E-state index >= 15 is 0 Å². The number of hydrogen-bond donors (Lipinski definition) is 1. The van der Waals surface area contributed by atoms with Crippen molar-refractivity contribution in [2.75, 3.05) is 32.7 Å². The Morgan fingerprint density at radius 2 is 1.78 bits per heavy atom. The van der Waals surface area contributed by atoms with Crippen molar-refractivity contribution in [3.05, 3.63) is 65.2 Å². The van der Waals surface area contributed by atoms with Crippen LogP contribution in [0.15, 0.2) is 53.4 Å². The number of benzene rings is 2. The topological polar surface area (TPSA) is 69.7 Å². The van der Waals surface area contributed by atoms with Crippen molar-refractivity contribution < 1.29 is 13.2 Å². The Bertz CT molecular complexity index is 1030. The van der Waals surface area contributed by atoms with Gasteiger partial charge in [-0.05, 0) is 81.4 Å². The molecule has 1 unspecified atom stereocenters. The van der Waals surface area contributed by atoms with E-state index in [0.29, 0.717) is 13.1 Å². The van der Waals surface area contributed by atoms with Gasteiger partial charge in [-0.15, -0.1) is 0 Å². The SMILES string of the molecule is Cc1ccc(S(=O)(=O)NCC2CCCN(C(=O)c3cccc(CN4CCCC4)c3)C2)cc1. The third-order valence-electron chi connectivity index (χ3n) is 6.48. The maximum atomic E-state index is 13.2. The average Bonchev–Trinajstić information content (AvgIpc) is 3.31. The molecule has 1 amide bonds. The summed E-state index contributed by atoms with van der Waals surface area (Å²) in [7, 11) is -3.54. The molecular formula is C25H33N3O3S. The molecule has 32 heavy (non-hydrogen) atoms. The minimum Gasteiger partial charge on any atom is -0.338 e. The standard InChI is InChI=1S/C25H33N3O3S/c1-20-9-11-24(12-10-20)32(30,31)26-17-22-7-5-15-28(19-22)25(29)23-8-4-6-21(16-23)18-27-13-2-3-14-27/h4,6,8-12,16,22,26H,2-3,5,7,13-15,17-19H2,1H3. The molecule has 0 saturated carbocycles. The molecule has 7 heteroatoms. The van der Waals surface area contributed by atoms with Crippen molar-refractivity contribution in [3.8, 4) is 0 Å². The van der Waals surface area contributed by atoms with Crippen LogP contribution in [0.3, 0.4) is 0 Å². The van der Waals surface area contributed by atoms with Gasteiger partial charge in [0.15, 0.2) is 0 Å². The maximum absolute atomic E-state index is 13.2. The zero-order chi connectivity index (χ0) is 22.6. The number of piperidine rings is 1. The number of hydrogen-bond acceptors (Lipinski definition) is 4. The van der Waals surface area contributed by atoms with Crippen LogP contribution in [0.25, 0.3) is 0 Å². The molecule has 1 N–H and O–H groups in total. The molecule has 2 aromatic carbocycles. The minimum absolute atomic E-state index is 0.0411. The normalized spacial score (nSPS) is 19.9. The van der Waals surface area contributed by atoms with E-state index in [0.717, 1.165) is 50.1 Å². The second-order valence-electron chi connectivity index (χ2n) is 9.11. The van der Waals surface area contributed by atoms with Gasteiger partial charge in [-0.1, -0.05) is 29.8 Å². The molecule has 0 aromatic heterocycles. The highest BCUT2D eigenvalue weighted by molar-refractivity contribution is 7.89. The Morgan fingerprint density at radius 3 is 2.53 bits per heavy atom. The highest BCUT2D eigenvalue weighted by Crippen LogP contribution is 2.21. The number of rotatable bonds is 7. The van der Waals surface area contributed by atoms with Crippen molar-refractivity contribution in [1.82, 2.24) is 14.5 Å². The lowest BCUT2D eigenvalue weighted by Crippen LogP contribution is -2.43. The zero-order valence-electron chi connectivity index (χ0n) is 18.8.